The minimum Gasteiger partial charge on any atom is -0.495 e. The van der Waals surface area contributed by atoms with Crippen LogP contribution in [0.15, 0.2) is 36.4 Å². The Kier molecular flexibility index (Phi) is 3.58. The van der Waals surface area contributed by atoms with E-state index in [9.17, 15) is 0 Å². The van der Waals surface area contributed by atoms with Gasteiger partial charge >= 0.3 is 0 Å². The van der Waals surface area contributed by atoms with Crippen LogP contribution in [0.4, 0.5) is 17.1 Å². The summed E-state index contributed by atoms with van der Waals surface area (Å²) in [6.07, 6.45) is 0. The van der Waals surface area contributed by atoms with Crippen molar-refractivity contribution < 1.29 is 4.74 Å². The molecule has 0 atom stereocenters. The third kappa shape index (κ3) is 2.78. The van der Waals surface area contributed by atoms with Crippen LogP contribution >= 0.6 is 0 Å². The van der Waals surface area contributed by atoms with Gasteiger partial charge < -0.3 is 15.8 Å². The number of hydrogen-bond donors (Lipinski definition) is 2. The molecule has 0 aromatic heterocycles. The molecule has 4 nitrogen and oxygen atoms in total. The molecule has 0 bridgehead atoms. The fraction of sp³-hybridized carbons (Fsp3) is 0.133. The van der Waals surface area contributed by atoms with Gasteiger partial charge in [-0.25, -0.2) is 0 Å². The first-order valence-electron chi connectivity index (χ1n) is 5.85. The van der Waals surface area contributed by atoms with E-state index in [2.05, 4.69) is 11.4 Å². The van der Waals surface area contributed by atoms with Gasteiger partial charge in [-0.1, -0.05) is 0 Å². The van der Waals surface area contributed by atoms with Gasteiger partial charge in [0.1, 0.15) is 5.75 Å². The second-order valence-corrected chi connectivity index (χ2v) is 4.23. The molecule has 0 radical (unpaired) electrons. The highest BCUT2D eigenvalue weighted by molar-refractivity contribution is 5.70. The summed E-state index contributed by atoms with van der Waals surface area (Å²) in [7, 11) is 1.58. The first-order chi connectivity index (χ1) is 9.13. The number of nitrogen functional groups attached to an aromatic ring is 1. The molecule has 0 spiro atoms. The highest BCUT2D eigenvalue weighted by Crippen LogP contribution is 2.30. The summed E-state index contributed by atoms with van der Waals surface area (Å²) in [4.78, 5) is 0. The number of nitrogens with one attached hydrogen (secondary N) is 1. The summed E-state index contributed by atoms with van der Waals surface area (Å²) in [5.74, 6) is 0.635. The van der Waals surface area contributed by atoms with Crippen molar-refractivity contribution in [2.75, 3.05) is 18.2 Å². The number of hydrogen-bond acceptors (Lipinski definition) is 4. The molecule has 0 saturated carbocycles. The zero-order valence-electron chi connectivity index (χ0n) is 10.9. The number of rotatable bonds is 3. The second kappa shape index (κ2) is 5.32. The summed E-state index contributed by atoms with van der Waals surface area (Å²) in [5, 5.41) is 12.2. The quantitative estimate of drug-likeness (QED) is 0.824. The molecule has 19 heavy (non-hydrogen) atoms. The van der Waals surface area contributed by atoms with Gasteiger partial charge in [-0.15, -0.1) is 0 Å². The Bertz CT molecular complexity index is 644. The Morgan fingerprint density at radius 3 is 2.53 bits per heavy atom. The molecule has 0 saturated heterocycles. The lowest BCUT2D eigenvalue weighted by Gasteiger charge is -2.13. The van der Waals surface area contributed by atoms with Crippen LogP contribution in [0.2, 0.25) is 0 Å². The van der Waals surface area contributed by atoms with Crippen LogP contribution in [-0.2, 0) is 0 Å². The van der Waals surface area contributed by atoms with E-state index >= 15 is 0 Å². The van der Waals surface area contributed by atoms with Gasteiger partial charge in [0.05, 0.1) is 24.4 Å². The van der Waals surface area contributed by atoms with Crippen LogP contribution in [0.25, 0.3) is 0 Å². The monoisotopic (exact) mass is 253 g/mol. The zero-order chi connectivity index (χ0) is 13.8. The number of nitriles is 1. The molecular formula is C15H15N3O. The van der Waals surface area contributed by atoms with E-state index in [1.165, 1.54) is 0 Å². The summed E-state index contributed by atoms with van der Waals surface area (Å²) in [6.45, 7) is 1.98. The fourth-order valence-corrected chi connectivity index (χ4v) is 1.84. The molecule has 3 N–H and O–H groups in total. The molecule has 0 aliphatic heterocycles. The molecule has 0 unspecified atom stereocenters. The Balaban J connectivity index is 2.35. The highest BCUT2D eigenvalue weighted by Gasteiger charge is 2.06. The average Bonchev–Trinajstić information content (AvgIpc) is 2.42. The van der Waals surface area contributed by atoms with Crippen molar-refractivity contribution in [3.8, 4) is 11.8 Å². The first-order valence-corrected chi connectivity index (χ1v) is 5.85. The SMILES string of the molecule is COc1cc(C#N)ccc1Nc1ccc(N)cc1C. The predicted octanol–water partition coefficient (Wildman–Crippen LogP) is 3.20. The van der Waals surface area contributed by atoms with Crippen molar-refractivity contribution in [1.29, 1.82) is 5.26 Å². The van der Waals surface area contributed by atoms with Crippen LogP contribution < -0.4 is 15.8 Å². The van der Waals surface area contributed by atoms with Crippen LogP contribution in [-0.4, -0.2) is 7.11 Å². The zero-order valence-corrected chi connectivity index (χ0v) is 10.9. The number of methoxy groups -OCH3 is 1. The van der Waals surface area contributed by atoms with E-state index in [0.717, 1.165) is 22.6 Å². The summed E-state index contributed by atoms with van der Waals surface area (Å²) < 4.78 is 5.29. The van der Waals surface area contributed by atoms with E-state index in [4.69, 9.17) is 15.7 Å². The van der Waals surface area contributed by atoms with Gasteiger partial charge in [0.25, 0.3) is 0 Å². The van der Waals surface area contributed by atoms with Crippen LogP contribution in [0.1, 0.15) is 11.1 Å². The minimum atomic E-state index is 0.566. The third-order valence-electron chi connectivity index (χ3n) is 2.85. The van der Waals surface area contributed by atoms with Crippen molar-refractivity contribution in [3.05, 3.63) is 47.5 Å². The Hall–Kier alpha value is -2.67. The molecule has 0 heterocycles. The van der Waals surface area contributed by atoms with Gasteiger partial charge in [0.15, 0.2) is 0 Å². The topological polar surface area (TPSA) is 71.1 Å². The normalized spacial score (nSPS) is 9.74. The Labute approximate surface area is 112 Å². The summed E-state index contributed by atoms with van der Waals surface area (Å²) in [6, 6.07) is 13.0. The summed E-state index contributed by atoms with van der Waals surface area (Å²) >= 11 is 0. The van der Waals surface area contributed by atoms with E-state index in [0.29, 0.717) is 11.3 Å². The van der Waals surface area contributed by atoms with E-state index in [1.54, 1.807) is 19.2 Å². The van der Waals surface area contributed by atoms with Crippen molar-refractivity contribution in [1.82, 2.24) is 0 Å². The van der Waals surface area contributed by atoms with Gasteiger partial charge in [0, 0.05) is 17.4 Å². The summed E-state index contributed by atoms with van der Waals surface area (Å²) in [5.41, 5.74) is 9.84. The number of benzene rings is 2. The van der Waals surface area contributed by atoms with Crippen LogP contribution in [0, 0.1) is 18.3 Å². The number of nitrogens with two attached hydrogens (primary N) is 1. The molecule has 2 rings (SSSR count). The van der Waals surface area contributed by atoms with Crippen molar-refractivity contribution in [2.24, 2.45) is 0 Å². The predicted molar refractivity (Wildman–Crippen MR) is 76.6 cm³/mol. The van der Waals surface area contributed by atoms with Gasteiger partial charge in [0.2, 0.25) is 0 Å². The molecule has 2 aromatic rings. The largest absolute Gasteiger partial charge is 0.495 e. The van der Waals surface area contributed by atoms with E-state index in [1.807, 2.05) is 31.2 Å². The maximum atomic E-state index is 8.87. The number of nitrogens with zero attached hydrogens (tertiary/aromatic N) is 1. The Morgan fingerprint density at radius 1 is 1.16 bits per heavy atom. The number of anilines is 3. The highest BCUT2D eigenvalue weighted by atomic mass is 16.5. The molecular weight excluding hydrogens is 238 g/mol. The maximum Gasteiger partial charge on any atom is 0.143 e. The molecule has 0 amide bonds. The lowest BCUT2D eigenvalue weighted by molar-refractivity contribution is 0.416. The number of ether oxygens (including phenoxy) is 1. The van der Waals surface area contributed by atoms with Gasteiger partial charge in [-0.3, -0.25) is 0 Å². The minimum absolute atomic E-state index is 0.566. The third-order valence-corrected chi connectivity index (χ3v) is 2.85. The molecule has 2 aromatic carbocycles. The Morgan fingerprint density at radius 2 is 1.89 bits per heavy atom. The van der Waals surface area contributed by atoms with E-state index < -0.39 is 0 Å². The standard InChI is InChI=1S/C15H15N3O/c1-10-7-12(17)4-6-13(10)18-14-5-3-11(9-16)8-15(14)19-2/h3-8,18H,17H2,1-2H3. The van der Waals surface area contributed by atoms with Crippen molar-refractivity contribution in [2.45, 2.75) is 6.92 Å². The average molecular weight is 253 g/mol. The lowest BCUT2D eigenvalue weighted by atomic mass is 10.1. The lowest BCUT2D eigenvalue weighted by Crippen LogP contribution is -1.97. The molecule has 4 heteroatoms. The maximum absolute atomic E-state index is 8.87. The van der Waals surface area contributed by atoms with Crippen molar-refractivity contribution in [3.63, 3.8) is 0 Å². The molecule has 0 aliphatic carbocycles. The fourth-order valence-electron chi connectivity index (χ4n) is 1.84. The van der Waals surface area contributed by atoms with Crippen LogP contribution in [0.5, 0.6) is 5.75 Å². The van der Waals surface area contributed by atoms with Crippen LogP contribution in [0.3, 0.4) is 0 Å². The van der Waals surface area contributed by atoms with Crippen molar-refractivity contribution >= 4 is 17.1 Å². The van der Waals surface area contributed by atoms with Gasteiger partial charge in [-0.2, -0.15) is 5.26 Å². The number of aryl methyl sites for hydroxylation is 1. The van der Waals surface area contributed by atoms with E-state index in [-0.39, 0.29) is 0 Å². The smallest absolute Gasteiger partial charge is 0.143 e. The molecule has 0 fully saturated rings. The molecule has 0 aliphatic rings. The molecule has 96 valence electrons. The second-order valence-electron chi connectivity index (χ2n) is 4.23. The first kappa shape index (κ1) is 12.8. The van der Waals surface area contributed by atoms with Gasteiger partial charge in [-0.05, 0) is 42.8 Å².